The molecule has 88 valence electrons. The van der Waals surface area contributed by atoms with E-state index in [2.05, 4.69) is 4.98 Å². The fourth-order valence-corrected chi connectivity index (χ4v) is 1.50. The van der Waals surface area contributed by atoms with E-state index in [-0.39, 0.29) is 0 Å². The van der Waals surface area contributed by atoms with Gasteiger partial charge in [-0.05, 0) is 36.8 Å². The van der Waals surface area contributed by atoms with E-state index in [1.807, 2.05) is 42.5 Å². The van der Waals surface area contributed by atoms with Crippen LogP contribution in [0.4, 0.5) is 0 Å². The average Bonchev–Trinajstić information content (AvgIpc) is 2.38. The van der Waals surface area contributed by atoms with Gasteiger partial charge in [0.05, 0.1) is 11.8 Å². The first-order valence-corrected chi connectivity index (χ1v) is 5.56. The van der Waals surface area contributed by atoms with Gasteiger partial charge < -0.3 is 9.84 Å². The van der Waals surface area contributed by atoms with Crippen molar-refractivity contribution in [1.82, 2.24) is 4.98 Å². The first-order valence-electron chi connectivity index (χ1n) is 5.56. The van der Waals surface area contributed by atoms with Gasteiger partial charge in [-0.1, -0.05) is 18.2 Å². The van der Waals surface area contributed by atoms with Gasteiger partial charge in [-0.15, -0.1) is 0 Å². The molecule has 1 heterocycles. The fraction of sp³-hybridized carbons (Fsp3) is 0.214. The maximum atomic E-state index is 9.47. The Hall–Kier alpha value is -1.87. The average molecular weight is 229 g/mol. The summed E-state index contributed by atoms with van der Waals surface area (Å²) in [5.74, 6) is 0.744. The van der Waals surface area contributed by atoms with Crippen molar-refractivity contribution in [3.63, 3.8) is 0 Å². The summed E-state index contributed by atoms with van der Waals surface area (Å²) in [6, 6.07) is 13.2. The summed E-state index contributed by atoms with van der Waals surface area (Å²) in [5.41, 5.74) is 1.73. The number of aliphatic hydroxyl groups is 1. The number of aliphatic hydroxyl groups excluding tert-OH is 1. The molecule has 17 heavy (non-hydrogen) atoms. The molecule has 3 heteroatoms. The van der Waals surface area contributed by atoms with Crippen LogP contribution in [0.25, 0.3) is 0 Å². The van der Waals surface area contributed by atoms with Crippen LogP contribution in [0, 0.1) is 0 Å². The third-order valence-corrected chi connectivity index (χ3v) is 2.45. The van der Waals surface area contributed by atoms with Gasteiger partial charge in [0.15, 0.2) is 0 Å². The molecule has 1 N–H and O–H groups in total. The summed E-state index contributed by atoms with van der Waals surface area (Å²) >= 11 is 0. The normalized spacial score (nSPS) is 12.1. The second-order valence-electron chi connectivity index (χ2n) is 3.86. The van der Waals surface area contributed by atoms with Crippen LogP contribution < -0.4 is 4.74 Å². The molecule has 1 aromatic heterocycles. The number of hydrogen-bond acceptors (Lipinski definition) is 3. The number of nitrogens with zero attached hydrogens (tertiary/aromatic N) is 1. The van der Waals surface area contributed by atoms with E-state index in [1.54, 1.807) is 13.1 Å². The highest BCUT2D eigenvalue weighted by atomic mass is 16.5. The Balaban J connectivity index is 2.02. The molecule has 0 aliphatic rings. The Morgan fingerprint density at radius 3 is 2.82 bits per heavy atom. The molecule has 1 aromatic carbocycles. The Morgan fingerprint density at radius 2 is 2.12 bits per heavy atom. The maximum Gasteiger partial charge on any atom is 0.130 e. The molecule has 0 fully saturated rings. The van der Waals surface area contributed by atoms with Gasteiger partial charge in [0.2, 0.25) is 0 Å². The molecule has 0 saturated heterocycles. The zero-order chi connectivity index (χ0) is 12.1. The van der Waals surface area contributed by atoms with E-state index in [0.717, 1.165) is 17.0 Å². The van der Waals surface area contributed by atoms with Crippen LogP contribution in [0.5, 0.6) is 5.75 Å². The van der Waals surface area contributed by atoms with Crippen molar-refractivity contribution in [2.75, 3.05) is 0 Å². The lowest BCUT2D eigenvalue weighted by atomic mass is 10.1. The predicted octanol–water partition coefficient (Wildman–Crippen LogP) is 2.71. The summed E-state index contributed by atoms with van der Waals surface area (Å²) in [5, 5.41) is 9.47. The van der Waals surface area contributed by atoms with Gasteiger partial charge in [0, 0.05) is 6.20 Å². The number of benzene rings is 1. The van der Waals surface area contributed by atoms with Gasteiger partial charge in [0.1, 0.15) is 12.4 Å². The zero-order valence-corrected chi connectivity index (χ0v) is 9.71. The van der Waals surface area contributed by atoms with Crippen molar-refractivity contribution in [1.29, 1.82) is 0 Å². The summed E-state index contributed by atoms with van der Waals surface area (Å²) in [6.45, 7) is 2.17. The van der Waals surface area contributed by atoms with E-state index in [1.165, 1.54) is 0 Å². The first kappa shape index (κ1) is 11.6. The van der Waals surface area contributed by atoms with Gasteiger partial charge in [-0.3, -0.25) is 4.98 Å². The third kappa shape index (κ3) is 3.29. The molecule has 2 rings (SSSR count). The molecule has 1 atom stereocenters. The zero-order valence-electron chi connectivity index (χ0n) is 9.71. The maximum absolute atomic E-state index is 9.47. The van der Waals surface area contributed by atoms with Crippen LogP contribution in [0.2, 0.25) is 0 Å². The molecule has 2 aromatic rings. The molecule has 0 bridgehead atoms. The standard InChI is InChI=1S/C14H15NO2/c1-11(16)12-5-4-7-14(9-12)17-10-13-6-2-3-8-15-13/h2-9,11,16H,10H2,1H3. The number of ether oxygens (including phenoxy) is 1. The molecule has 1 unspecified atom stereocenters. The Bertz CT molecular complexity index is 469. The minimum Gasteiger partial charge on any atom is -0.487 e. The largest absolute Gasteiger partial charge is 0.487 e. The molecular weight excluding hydrogens is 214 g/mol. The second kappa shape index (κ2) is 5.46. The summed E-state index contributed by atoms with van der Waals surface area (Å²) in [7, 11) is 0. The summed E-state index contributed by atoms with van der Waals surface area (Å²) in [6.07, 6.45) is 1.26. The lowest BCUT2D eigenvalue weighted by molar-refractivity contribution is 0.198. The van der Waals surface area contributed by atoms with Gasteiger partial charge in [-0.2, -0.15) is 0 Å². The first-order chi connectivity index (χ1) is 8.25. The highest BCUT2D eigenvalue weighted by molar-refractivity contribution is 5.29. The minimum absolute atomic E-state index is 0.435. The van der Waals surface area contributed by atoms with Gasteiger partial charge >= 0.3 is 0 Å². The molecule has 0 spiro atoms. The smallest absolute Gasteiger partial charge is 0.130 e. The van der Waals surface area contributed by atoms with Crippen molar-refractivity contribution >= 4 is 0 Å². The number of pyridine rings is 1. The molecule has 3 nitrogen and oxygen atoms in total. The van der Waals surface area contributed by atoms with Crippen LogP contribution in [0.15, 0.2) is 48.7 Å². The highest BCUT2D eigenvalue weighted by Crippen LogP contribution is 2.19. The molecule has 0 aliphatic carbocycles. The Kier molecular flexibility index (Phi) is 3.73. The van der Waals surface area contributed by atoms with E-state index < -0.39 is 6.10 Å². The van der Waals surface area contributed by atoms with E-state index >= 15 is 0 Å². The van der Waals surface area contributed by atoms with Crippen molar-refractivity contribution in [3.05, 3.63) is 59.9 Å². The fourth-order valence-electron chi connectivity index (χ4n) is 1.50. The molecule has 0 radical (unpaired) electrons. The van der Waals surface area contributed by atoms with E-state index in [9.17, 15) is 5.11 Å². The van der Waals surface area contributed by atoms with Crippen LogP contribution in [-0.2, 0) is 6.61 Å². The lowest BCUT2D eigenvalue weighted by Crippen LogP contribution is -1.98. The number of rotatable bonds is 4. The number of hydrogen-bond donors (Lipinski definition) is 1. The highest BCUT2D eigenvalue weighted by Gasteiger charge is 2.02. The SMILES string of the molecule is CC(O)c1cccc(OCc2ccccn2)c1. The summed E-state index contributed by atoms with van der Waals surface area (Å²) in [4.78, 5) is 4.18. The van der Waals surface area contributed by atoms with Crippen LogP contribution in [0.1, 0.15) is 24.3 Å². The molecule has 0 saturated carbocycles. The van der Waals surface area contributed by atoms with E-state index in [4.69, 9.17) is 4.74 Å². The van der Waals surface area contributed by atoms with Gasteiger partial charge in [-0.25, -0.2) is 0 Å². The van der Waals surface area contributed by atoms with Crippen LogP contribution in [0.3, 0.4) is 0 Å². The monoisotopic (exact) mass is 229 g/mol. The summed E-state index contributed by atoms with van der Waals surface area (Å²) < 4.78 is 5.61. The van der Waals surface area contributed by atoms with Crippen LogP contribution in [-0.4, -0.2) is 10.1 Å². The third-order valence-electron chi connectivity index (χ3n) is 2.45. The molecular formula is C14H15NO2. The molecule has 0 amide bonds. The second-order valence-corrected chi connectivity index (χ2v) is 3.86. The van der Waals surface area contributed by atoms with Crippen molar-refractivity contribution < 1.29 is 9.84 Å². The van der Waals surface area contributed by atoms with Crippen molar-refractivity contribution in [3.8, 4) is 5.75 Å². The minimum atomic E-state index is -0.478. The predicted molar refractivity (Wildman–Crippen MR) is 65.6 cm³/mol. The van der Waals surface area contributed by atoms with Crippen molar-refractivity contribution in [2.45, 2.75) is 19.6 Å². The lowest BCUT2D eigenvalue weighted by Gasteiger charge is -2.09. The van der Waals surface area contributed by atoms with Crippen LogP contribution >= 0.6 is 0 Å². The Labute approximate surface area is 101 Å². The quantitative estimate of drug-likeness (QED) is 0.876. The van der Waals surface area contributed by atoms with Crippen molar-refractivity contribution in [2.24, 2.45) is 0 Å². The van der Waals surface area contributed by atoms with Gasteiger partial charge in [0.25, 0.3) is 0 Å². The van der Waals surface area contributed by atoms with E-state index in [0.29, 0.717) is 6.61 Å². The molecule has 0 aliphatic heterocycles. The Morgan fingerprint density at radius 1 is 1.24 bits per heavy atom. The topological polar surface area (TPSA) is 42.4 Å². The number of aromatic nitrogens is 1.